The normalized spacial score (nSPS) is 12.3. The molecule has 0 bridgehead atoms. The number of carboxylic acids is 1. The molecule has 1 unspecified atom stereocenters. The molecule has 0 aliphatic carbocycles. The smallest absolute Gasteiger partial charge is 0.303 e. The van der Waals surface area contributed by atoms with Crippen LogP contribution in [0.2, 0.25) is 0 Å². The van der Waals surface area contributed by atoms with E-state index in [1.807, 2.05) is 0 Å². The Labute approximate surface area is 196 Å². The van der Waals surface area contributed by atoms with Crippen molar-refractivity contribution >= 4 is 5.97 Å². The van der Waals surface area contributed by atoms with Gasteiger partial charge in [0, 0.05) is 6.42 Å². The lowest BCUT2D eigenvalue weighted by molar-refractivity contribution is -0.137. The van der Waals surface area contributed by atoms with Crippen molar-refractivity contribution in [1.29, 1.82) is 0 Å². The minimum Gasteiger partial charge on any atom is -0.481 e. The molecule has 0 rings (SSSR count). The van der Waals surface area contributed by atoms with Gasteiger partial charge in [-0.1, -0.05) is 162 Å². The molecule has 1 N–H and O–H groups in total. The molecule has 186 valence electrons. The van der Waals surface area contributed by atoms with Gasteiger partial charge in [0.15, 0.2) is 0 Å². The zero-order chi connectivity index (χ0) is 22.8. The average Bonchev–Trinajstić information content (AvgIpc) is 2.75. The highest BCUT2D eigenvalue weighted by Gasteiger charge is 2.07. The second-order valence-corrected chi connectivity index (χ2v) is 10.1. The van der Waals surface area contributed by atoms with E-state index >= 15 is 0 Å². The van der Waals surface area contributed by atoms with Crippen molar-refractivity contribution < 1.29 is 9.90 Å². The van der Waals surface area contributed by atoms with Crippen LogP contribution in [0.25, 0.3) is 0 Å². The number of unbranched alkanes of at least 4 members (excludes halogenated alkanes) is 18. The number of rotatable bonds is 26. The van der Waals surface area contributed by atoms with E-state index in [0.717, 1.165) is 18.8 Å². The van der Waals surface area contributed by atoms with E-state index in [1.165, 1.54) is 141 Å². The largest absolute Gasteiger partial charge is 0.481 e. The summed E-state index contributed by atoms with van der Waals surface area (Å²) in [5.41, 5.74) is 0. The van der Waals surface area contributed by atoms with E-state index in [2.05, 4.69) is 13.8 Å². The van der Waals surface area contributed by atoms with E-state index in [-0.39, 0.29) is 0 Å². The third-order valence-corrected chi connectivity index (χ3v) is 6.92. The Kier molecular flexibility index (Phi) is 25.3. The predicted molar refractivity (Wildman–Crippen MR) is 138 cm³/mol. The van der Waals surface area contributed by atoms with E-state index in [4.69, 9.17) is 5.11 Å². The van der Waals surface area contributed by atoms with Crippen molar-refractivity contribution in [3.63, 3.8) is 0 Å². The molecule has 1 atom stereocenters. The lowest BCUT2D eigenvalue weighted by Gasteiger charge is -2.16. The molecule has 0 heterocycles. The summed E-state index contributed by atoms with van der Waals surface area (Å²) in [7, 11) is 0. The third kappa shape index (κ3) is 25.6. The summed E-state index contributed by atoms with van der Waals surface area (Å²) in [5.74, 6) is 0.359. The van der Waals surface area contributed by atoms with Crippen LogP contribution in [0.1, 0.15) is 174 Å². The van der Waals surface area contributed by atoms with E-state index < -0.39 is 5.97 Å². The molecular weight excluding hydrogens is 380 g/mol. The highest BCUT2D eigenvalue weighted by Crippen LogP contribution is 2.23. The van der Waals surface area contributed by atoms with Crippen LogP contribution >= 0.6 is 0 Å². The summed E-state index contributed by atoms with van der Waals surface area (Å²) in [5, 5.41) is 8.62. The molecule has 0 spiro atoms. The SMILES string of the molecule is CCCCCCCCC(CCC)CCCCCCCCCCCCCCCCC(=O)O. The van der Waals surface area contributed by atoms with Crippen LogP contribution in [0.5, 0.6) is 0 Å². The Morgan fingerprint density at radius 2 is 0.839 bits per heavy atom. The lowest BCUT2D eigenvalue weighted by atomic mass is 9.90. The van der Waals surface area contributed by atoms with Crippen LogP contribution in [0.15, 0.2) is 0 Å². The first-order chi connectivity index (χ1) is 15.2. The van der Waals surface area contributed by atoms with Gasteiger partial charge in [-0.2, -0.15) is 0 Å². The van der Waals surface area contributed by atoms with Gasteiger partial charge in [-0.15, -0.1) is 0 Å². The van der Waals surface area contributed by atoms with Crippen molar-refractivity contribution in [2.45, 2.75) is 174 Å². The molecule has 0 saturated heterocycles. The monoisotopic (exact) mass is 438 g/mol. The summed E-state index contributed by atoms with van der Waals surface area (Å²) < 4.78 is 0. The highest BCUT2D eigenvalue weighted by atomic mass is 16.4. The van der Waals surface area contributed by atoms with Gasteiger partial charge in [0.2, 0.25) is 0 Å². The molecule has 2 nitrogen and oxygen atoms in total. The van der Waals surface area contributed by atoms with Crippen LogP contribution in [-0.4, -0.2) is 11.1 Å². The molecule has 0 radical (unpaired) electrons. The number of carboxylic acid groups (broad SMARTS) is 1. The molecule has 0 aromatic heterocycles. The molecular formula is C29H58O2. The number of aliphatic carboxylic acids is 1. The van der Waals surface area contributed by atoms with E-state index in [0.29, 0.717) is 6.42 Å². The van der Waals surface area contributed by atoms with Gasteiger partial charge in [-0.3, -0.25) is 4.79 Å². The molecule has 0 aliphatic heterocycles. The molecule has 0 aliphatic rings. The molecule has 0 fully saturated rings. The first-order valence-electron chi connectivity index (χ1n) is 14.4. The fourth-order valence-electron chi connectivity index (χ4n) is 4.89. The van der Waals surface area contributed by atoms with Gasteiger partial charge in [-0.05, 0) is 12.3 Å². The number of hydrogen-bond acceptors (Lipinski definition) is 1. The van der Waals surface area contributed by atoms with Gasteiger partial charge in [-0.25, -0.2) is 0 Å². The van der Waals surface area contributed by atoms with Gasteiger partial charge in [0.1, 0.15) is 0 Å². The number of carbonyl (C=O) groups is 1. The van der Waals surface area contributed by atoms with E-state index in [9.17, 15) is 4.79 Å². The van der Waals surface area contributed by atoms with Crippen molar-refractivity contribution in [3.8, 4) is 0 Å². The van der Waals surface area contributed by atoms with Gasteiger partial charge in [0.05, 0.1) is 0 Å². The van der Waals surface area contributed by atoms with Crippen molar-refractivity contribution in [2.75, 3.05) is 0 Å². The third-order valence-electron chi connectivity index (χ3n) is 6.92. The maximum Gasteiger partial charge on any atom is 0.303 e. The van der Waals surface area contributed by atoms with Crippen LogP contribution in [-0.2, 0) is 4.79 Å². The zero-order valence-electron chi connectivity index (χ0n) is 21.6. The fraction of sp³-hybridized carbons (Fsp3) is 0.966. The lowest BCUT2D eigenvalue weighted by Crippen LogP contribution is -2.00. The summed E-state index contributed by atoms with van der Waals surface area (Å²) in [6, 6.07) is 0. The summed E-state index contributed by atoms with van der Waals surface area (Å²) >= 11 is 0. The first kappa shape index (κ1) is 30.5. The molecule has 0 aromatic carbocycles. The highest BCUT2D eigenvalue weighted by molar-refractivity contribution is 5.66. The van der Waals surface area contributed by atoms with Gasteiger partial charge < -0.3 is 5.11 Å². The molecule has 2 heteroatoms. The summed E-state index contributed by atoms with van der Waals surface area (Å²) in [6.45, 7) is 4.66. The minimum absolute atomic E-state index is 0.346. The second-order valence-electron chi connectivity index (χ2n) is 10.1. The van der Waals surface area contributed by atoms with E-state index in [1.54, 1.807) is 0 Å². The molecule has 31 heavy (non-hydrogen) atoms. The van der Waals surface area contributed by atoms with Crippen LogP contribution in [0.3, 0.4) is 0 Å². The van der Waals surface area contributed by atoms with Crippen LogP contribution in [0, 0.1) is 5.92 Å². The Hall–Kier alpha value is -0.530. The zero-order valence-corrected chi connectivity index (χ0v) is 21.6. The number of hydrogen-bond donors (Lipinski definition) is 1. The first-order valence-corrected chi connectivity index (χ1v) is 14.4. The van der Waals surface area contributed by atoms with Crippen molar-refractivity contribution in [3.05, 3.63) is 0 Å². The van der Waals surface area contributed by atoms with Crippen molar-refractivity contribution in [1.82, 2.24) is 0 Å². The standard InChI is InChI=1S/C29H58O2/c1-3-5-6-7-18-21-25-28(24-4-2)26-22-19-16-14-12-10-8-9-11-13-15-17-20-23-27-29(30)31/h28H,3-27H2,1-2H3,(H,30,31). The average molecular weight is 439 g/mol. The second kappa shape index (κ2) is 25.7. The molecule has 0 saturated carbocycles. The topological polar surface area (TPSA) is 37.3 Å². The van der Waals surface area contributed by atoms with Crippen LogP contribution < -0.4 is 0 Å². The Morgan fingerprint density at radius 1 is 0.484 bits per heavy atom. The van der Waals surface area contributed by atoms with Crippen LogP contribution in [0.4, 0.5) is 0 Å². The maximum absolute atomic E-state index is 10.5. The molecule has 0 amide bonds. The fourth-order valence-corrected chi connectivity index (χ4v) is 4.89. The predicted octanol–water partition coefficient (Wildman–Crippen LogP) is 10.5. The summed E-state index contributed by atoms with van der Waals surface area (Å²) in [4.78, 5) is 10.5. The Bertz CT molecular complexity index is 353. The maximum atomic E-state index is 10.5. The Balaban J connectivity index is 3.32. The quantitative estimate of drug-likeness (QED) is 0.136. The summed E-state index contributed by atoms with van der Waals surface area (Å²) in [6.07, 6.45) is 33.4. The van der Waals surface area contributed by atoms with Crippen molar-refractivity contribution in [2.24, 2.45) is 5.92 Å². The minimum atomic E-state index is -0.649. The van der Waals surface area contributed by atoms with Gasteiger partial charge in [0.25, 0.3) is 0 Å². The van der Waals surface area contributed by atoms with Gasteiger partial charge >= 0.3 is 5.97 Å². The Morgan fingerprint density at radius 3 is 1.19 bits per heavy atom. The molecule has 0 aromatic rings.